The number of hydrogen-bond donors (Lipinski definition) is 2. The predicted molar refractivity (Wildman–Crippen MR) is 73.1 cm³/mol. The minimum atomic E-state index is -0.500. The Morgan fingerprint density at radius 3 is 1.74 bits per heavy atom. The first-order valence-electron chi connectivity index (χ1n) is 6.46. The molecule has 0 heterocycles. The average Bonchev–Trinajstić information content (AvgIpc) is 2.36. The topological polar surface area (TPSA) is 76.7 Å². The molecule has 0 saturated carbocycles. The van der Waals surface area contributed by atoms with Crippen molar-refractivity contribution in [3.8, 4) is 0 Å². The van der Waals surface area contributed by atoms with Gasteiger partial charge in [0, 0.05) is 11.1 Å². The number of alkyl carbamates (subject to hydrolysis) is 2. The van der Waals surface area contributed by atoms with E-state index < -0.39 is 23.3 Å². The van der Waals surface area contributed by atoms with Gasteiger partial charge in [-0.1, -0.05) is 13.8 Å². The van der Waals surface area contributed by atoms with E-state index in [1.807, 2.05) is 27.7 Å². The first-order chi connectivity index (χ1) is 8.74. The van der Waals surface area contributed by atoms with Crippen molar-refractivity contribution in [2.75, 3.05) is 14.2 Å². The number of nitrogens with one attached hydrogen (secondary N) is 2. The zero-order valence-corrected chi connectivity index (χ0v) is 12.8. The van der Waals surface area contributed by atoms with Gasteiger partial charge in [0.05, 0.1) is 14.2 Å². The second-order valence-electron chi connectivity index (χ2n) is 5.28. The van der Waals surface area contributed by atoms with Gasteiger partial charge in [-0.15, -0.1) is 0 Å². The summed E-state index contributed by atoms with van der Waals surface area (Å²) in [6.07, 6.45) is 1.12. The maximum absolute atomic E-state index is 11.5. The number of carbonyl (C=O) groups excluding carboxylic acids is 2. The molecule has 19 heavy (non-hydrogen) atoms. The van der Waals surface area contributed by atoms with E-state index in [0.717, 1.165) is 12.8 Å². The van der Waals surface area contributed by atoms with Crippen LogP contribution in [0.1, 0.15) is 47.0 Å². The molecule has 0 radical (unpaired) electrons. The Hall–Kier alpha value is -1.46. The summed E-state index contributed by atoms with van der Waals surface area (Å²) in [5.74, 6) is 0. The fraction of sp³-hybridized carbons (Fsp3) is 0.846. The number of carbonyl (C=O) groups is 2. The molecule has 6 heteroatoms. The first-order valence-corrected chi connectivity index (χ1v) is 6.46. The van der Waals surface area contributed by atoms with Crippen molar-refractivity contribution >= 4 is 12.2 Å². The normalized spacial score (nSPS) is 11.7. The average molecular weight is 274 g/mol. The van der Waals surface area contributed by atoms with Crippen LogP contribution in [0.2, 0.25) is 0 Å². The number of methoxy groups -OCH3 is 2. The molecule has 0 fully saturated rings. The lowest BCUT2D eigenvalue weighted by Crippen LogP contribution is -2.56. The van der Waals surface area contributed by atoms with E-state index in [2.05, 4.69) is 20.1 Å². The van der Waals surface area contributed by atoms with Gasteiger partial charge in [-0.05, 0) is 33.1 Å². The molecular weight excluding hydrogens is 248 g/mol. The van der Waals surface area contributed by atoms with Crippen LogP contribution in [0.15, 0.2) is 0 Å². The van der Waals surface area contributed by atoms with Gasteiger partial charge in [-0.3, -0.25) is 0 Å². The van der Waals surface area contributed by atoms with E-state index in [1.54, 1.807) is 0 Å². The highest BCUT2D eigenvalue weighted by Gasteiger charge is 2.36. The SMILES string of the molecule is CCC(CC)(CC(C)(C)NC(=O)OC)NC(=O)OC. The van der Waals surface area contributed by atoms with E-state index in [1.165, 1.54) is 14.2 Å². The van der Waals surface area contributed by atoms with Crippen molar-refractivity contribution in [1.29, 1.82) is 0 Å². The number of hydrogen-bond acceptors (Lipinski definition) is 4. The predicted octanol–water partition coefficient (Wildman–Crippen LogP) is 2.43. The van der Waals surface area contributed by atoms with Crippen molar-refractivity contribution < 1.29 is 19.1 Å². The minimum absolute atomic E-state index is 0.419. The largest absolute Gasteiger partial charge is 0.453 e. The molecule has 0 aliphatic heterocycles. The summed E-state index contributed by atoms with van der Waals surface area (Å²) in [4.78, 5) is 22.8. The summed E-state index contributed by atoms with van der Waals surface area (Å²) in [6, 6.07) is 0. The molecule has 2 amide bonds. The van der Waals surface area contributed by atoms with Crippen LogP contribution in [0.4, 0.5) is 9.59 Å². The van der Waals surface area contributed by atoms with Crippen LogP contribution in [0.5, 0.6) is 0 Å². The third kappa shape index (κ3) is 5.81. The molecule has 0 saturated heterocycles. The Labute approximate surface area is 115 Å². The quantitative estimate of drug-likeness (QED) is 0.780. The molecule has 0 atom stereocenters. The lowest BCUT2D eigenvalue weighted by atomic mass is 9.80. The second-order valence-corrected chi connectivity index (χ2v) is 5.28. The monoisotopic (exact) mass is 274 g/mol. The van der Waals surface area contributed by atoms with Gasteiger partial charge in [0.25, 0.3) is 0 Å². The van der Waals surface area contributed by atoms with Gasteiger partial charge in [0.15, 0.2) is 0 Å². The van der Waals surface area contributed by atoms with Crippen LogP contribution in [-0.4, -0.2) is 37.5 Å². The van der Waals surface area contributed by atoms with E-state index >= 15 is 0 Å². The Morgan fingerprint density at radius 2 is 1.37 bits per heavy atom. The van der Waals surface area contributed by atoms with Crippen LogP contribution in [-0.2, 0) is 9.47 Å². The zero-order valence-electron chi connectivity index (χ0n) is 12.8. The number of amides is 2. The Morgan fingerprint density at radius 1 is 0.947 bits per heavy atom. The standard InChI is InChI=1S/C13H26N2O4/c1-7-13(8-2,15-11(17)19-6)9-12(3,4)14-10(16)18-5/h7-9H2,1-6H3,(H,14,16)(H,15,17). The van der Waals surface area contributed by atoms with Crippen molar-refractivity contribution in [1.82, 2.24) is 10.6 Å². The maximum Gasteiger partial charge on any atom is 0.407 e. The molecule has 6 nitrogen and oxygen atoms in total. The molecule has 0 aliphatic carbocycles. The zero-order chi connectivity index (χ0) is 15.1. The fourth-order valence-corrected chi connectivity index (χ4v) is 2.21. The lowest BCUT2D eigenvalue weighted by molar-refractivity contribution is 0.131. The minimum Gasteiger partial charge on any atom is -0.453 e. The second kappa shape index (κ2) is 7.21. The summed E-state index contributed by atoms with van der Waals surface area (Å²) < 4.78 is 9.27. The van der Waals surface area contributed by atoms with Crippen molar-refractivity contribution in [2.24, 2.45) is 0 Å². The van der Waals surface area contributed by atoms with Gasteiger partial charge in [-0.25, -0.2) is 9.59 Å². The lowest BCUT2D eigenvalue weighted by Gasteiger charge is -2.39. The van der Waals surface area contributed by atoms with Crippen molar-refractivity contribution in [3.63, 3.8) is 0 Å². The number of ether oxygens (including phenoxy) is 2. The molecule has 0 rings (SSSR count). The Balaban J connectivity index is 4.90. The summed E-state index contributed by atoms with van der Waals surface area (Å²) in [5.41, 5.74) is -0.919. The summed E-state index contributed by atoms with van der Waals surface area (Å²) >= 11 is 0. The van der Waals surface area contributed by atoms with E-state index in [9.17, 15) is 9.59 Å². The van der Waals surface area contributed by atoms with Gasteiger partial charge in [0.1, 0.15) is 0 Å². The maximum atomic E-state index is 11.5. The molecular formula is C13H26N2O4. The van der Waals surface area contributed by atoms with E-state index in [4.69, 9.17) is 0 Å². The highest BCUT2D eigenvalue weighted by Crippen LogP contribution is 2.27. The smallest absolute Gasteiger partial charge is 0.407 e. The fourth-order valence-electron chi connectivity index (χ4n) is 2.21. The van der Waals surface area contributed by atoms with Crippen LogP contribution in [0, 0.1) is 0 Å². The molecule has 2 N–H and O–H groups in total. The van der Waals surface area contributed by atoms with Crippen LogP contribution < -0.4 is 10.6 Å². The van der Waals surface area contributed by atoms with E-state index in [-0.39, 0.29) is 0 Å². The molecule has 0 aromatic carbocycles. The van der Waals surface area contributed by atoms with E-state index in [0.29, 0.717) is 6.42 Å². The highest BCUT2D eigenvalue weighted by molar-refractivity contribution is 5.69. The Bertz CT molecular complexity index is 312. The highest BCUT2D eigenvalue weighted by atomic mass is 16.5. The summed E-state index contributed by atoms with van der Waals surface area (Å²) in [5, 5.41) is 5.64. The molecule has 112 valence electrons. The van der Waals surface area contributed by atoms with Gasteiger partial charge in [-0.2, -0.15) is 0 Å². The first kappa shape index (κ1) is 17.5. The molecule has 0 aliphatic rings. The van der Waals surface area contributed by atoms with Crippen LogP contribution >= 0.6 is 0 Å². The van der Waals surface area contributed by atoms with Gasteiger partial charge < -0.3 is 20.1 Å². The van der Waals surface area contributed by atoms with Crippen LogP contribution in [0.25, 0.3) is 0 Å². The molecule has 0 aromatic heterocycles. The molecule has 0 aromatic rings. The molecule has 0 unspecified atom stereocenters. The van der Waals surface area contributed by atoms with Gasteiger partial charge >= 0.3 is 12.2 Å². The van der Waals surface area contributed by atoms with Crippen molar-refractivity contribution in [3.05, 3.63) is 0 Å². The summed E-state index contributed by atoms with van der Waals surface area (Å²) in [6.45, 7) is 7.77. The third-order valence-electron chi connectivity index (χ3n) is 3.31. The van der Waals surface area contributed by atoms with Crippen molar-refractivity contribution in [2.45, 2.75) is 58.0 Å². The van der Waals surface area contributed by atoms with Gasteiger partial charge in [0.2, 0.25) is 0 Å². The van der Waals surface area contributed by atoms with Crippen LogP contribution in [0.3, 0.4) is 0 Å². The third-order valence-corrected chi connectivity index (χ3v) is 3.31. The number of rotatable bonds is 6. The molecule has 0 bridgehead atoms. The summed E-state index contributed by atoms with van der Waals surface area (Å²) in [7, 11) is 2.66. The Kier molecular flexibility index (Phi) is 6.65. The molecule has 0 spiro atoms.